The predicted molar refractivity (Wildman–Crippen MR) is 217 cm³/mol. The predicted octanol–water partition coefficient (Wildman–Crippen LogP) is 2.97. The second kappa shape index (κ2) is 15.0. The zero-order valence-corrected chi connectivity index (χ0v) is 32.7. The van der Waals surface area contributed by atoms with E-state index in [0.717, 1.165) is 87.9 Å². The van der Waals surface area contributed by atoms with E-state index in [1.807, 2.05) is 36.2 Å². The van der Waals surface area contributed by atoms with Gasteiger partial charge in [-0.1, -0.05) is 18.7 Å². The molecule has 3 aromatic rings. The Kier molecular flexibility index (Phi) is 9.74. The molecule has 302 valence electrons. The number of piperidine rings is 2. The second-order valence-corrected chi connectivity index (χ2v) is 16.5. The Morgan fingerprint density at radius 1 is 0.914 bits per heavy atom. The summed E-state index contributed by atoms with van der Waals surface area (Å²) in [5.74, 6) is -0.0172. The minimum absolute atomic E-state index is 0.0605. The van der Waals surface area contributed by atoms with Crippen LogP contribution < -0.4 is 26.2 Å². The van der Waals surface area contributed by atoms with E-state index in [1.165, 1.54) is 5.56 Å². The van der Waals surface area contributed by atoms with E-state index in [-0.39, 0.29) is 23.7 Å². The molecule has 0 aliphatic carbocycles. The highest BCUT2D eigenvalue weighted by molar-refractivity contribution is 6.23. The number of nitrogens with two attached hydrogens (primary N) is 1. The first-order valence-electron chi connectivity index (χ1n) is 20.3. The maximum absolute atomic E-state index is 13.4. The lowest BCUT2D eigenvalue weighted by molar-refractivity contribution is -0.125. The van der Waals surface area contributed by atoms with Gasteiger partial charge in [0.15, 0.2) is 11.5 Å². The number of aromatic nitrogens is 2. The number of nitrogens with zero attached hydrogens (tertiary/aromatic N) is 8. The molecule has 16 heteroatoms. The molecule has 0 saturated carbocycles. The van der Waals surface area contributed by atoms with Gasteiger partial charge in [0.25, 0.3) is 17.7 Å². The van der Waals surface area contributed by atoms with E-state index in [9.17, 15) is 24.0 Å². The standard InChI is InChI=1S/C42H49N11O5/c1-25-5-12-34(39(55)45-25)53-40(56)32-11-10-30(18-33(32)41(53)57)50-15-13-26(21-50)20-49-22-28(23-49)27-6-8-29(9-7-27)46-38-36(37(43)54)44-19-35(47-38)51-14-3-4-31(24-51)52-17-16-48(2)42(52)58/h6-11,18-19,26,28,31,34H,1,3-5,12-17,20-24H2,2H3,(H2,43,54)(H,45,55)(H,46,47)/t26-,31-,34?/m1/s1. The number of primary amides is 1. The van der Waals surface area contributed by atoms with Gasteiger partial charge in [-0.15, -0.1) is 0 Å². The van der Waals surface area contributed by atoms with Crippen LogP contribution in [-0.4, -0.2) is 137 Å². The number of rotatable bonds is 10. The molecule has 58 heavy (non-hydrogen) atoms. The van der Waals surface area contributed by atoms with Gasteiger partial charge in [0, 0.05) is 88.9 Å². The molecule has 5 saturated heterocycles. The van der Waals surface area contributed by atoms with Crippen LogP contribution in [0.2, 0.25) is 0 Å². The van der Waals surface area contributed by atoms with Gasteiger partial charge in [0.2, 0.25) is 5.91 Å². The number of carbonyl (C=O) groups excluding carboxylic acids is 5. The molecule has 16 nitrogen and oxygen atoms in total. The first-order valence-corrected chi connectivity index (χ1v) is 20.3. The molecule has 0 spiro atoms. The summed E-state index contributed by atoms with van der Waals surface area (Å²) in [5, 5.41) is 5.97. The van der Waals surface area contributed by atoms with Crippen molar-refractivity contribution >= 4 is 52.7 Å². The maximum Gasteiger partial charge on any atom is 0.320 e. The van der Waals surface area contributed by atoms with Crippen LogP contribution in [0, 0.1) is 5.92 Å². The van der Waals surface area contributed by atoms with Crippen LogP contribution in [0.25, 0.3) is 0 Å². The van der Waals surface area contributed by atoms with E-state index in [4.69, 9.17) is 10.7 Å². The quantitative estimate of drug-likeness (QED) is 0.257. The highest BCUT2D eigenvalue weighted by atomic mass is 16.2. The normalized spacial score (nSPS) is 24.1. The minimum atomic E-state index is -0.821. The number of anilines is 4. The molecule has 3 atom stereocenters. The molecule has 0 bridgehead atoms. The van der Waals surface area contributed by atoms with E-state index in [0.29, 0.717) is 59.7 Å². The van der Waals surface area contributed by atoms with Gasteiger partial charge in [-0.2, -0.15) is 0 Å². The average molecular weight is 788 g/mol. The number of likely N-dealkylation sites (tertiary alicyclic amines) is 1. The highest BCUT2D eigenvalue weighted by Gasteiger charge is 2.44. The van der Waals surface area contributed by atoms with Crippen molar-refractivity contribution < 1.29 is 24.0 Å². The minimum Gasteiger partial charge on any atom is -0.371 e. The summed E-state index contributed by atoms with van der Waals surface area (Å²) in [6.07, 6.45) is 5.39. The molecule has 2 aromatic carbocycles. The van der Waals surface area contributed by atoms with Gasteiger partial charge in [0.1, 0.15) is 11.9 Å². The number of likely N-dealkylation sites (N-methyl/N-ethyl adjacent to an activating group) is 1. The number of nitrogens with one attached hydrogen (secondary N) is 2. The smallest absolute Gasteiger partial charge is 0.320 e. The summed E-state index contributed by atoms with van der Waals surface area (Å²) in [7, 11) is 1.83. The molecule has 6 amide bonds. The molecule has 9 rings (SSSR count). The largest absolute Gasteiger partial charge is 0.371 e. The molecule has 4 N–H and O–H groups in total. The number of amides is 6. The fraction of sp³-hybridized carbons (Fsp3) is 0.452. The van der Waals surface area contributed by atoms with E-state index in [2.05, 4.69) is 49.0 Å². The van der Waals surface area contributed by atoms with Gasteiger partial charge in [-0.05, 0) is 73.9 Å². The fourth-order valence-corrected chi connectivity index (χ4v) is 9.45. The molecule has 1 unspecified atom stereocenters. The van der Waals surface area contributed by atoms with Crippen LogP contribution in [0.1, 0.15) is 74.8 Å². The van der Waals surface area contributed by atoms with Crippen molar-refractivity contribution in [3.05, 3.63) is 83.3 Å². The lowest BCUT2D eigenvalue weighted by atomic mass is 9.90. The van der Waals surface area contributed by atoms with Crippen molar-refractivity contribution in [1.29, 1.82) is 0 Å². The Morgan fingerprint density at radius 3 is 2.45 bits per heavy atom. The Hall–Kier alpha value is -6.03. The first-order chi connectivity index (χ1) is 28.0. The Labute approximate surface area is 337 Å². The molecular weight excluding hydrogens is 739 g/mol. The zero-order chi connectivity index (χ0) is 40.2. The summed E-state index contributed by atoms with van der Waals surface area (Å²) in [4.78, 5) is 85.1. The molecule has 6 aliphatic rings. The Morgan fingerprint density at radius 2 is 1.71 bits per heavy atom. The van der Waals surface area contributed by atoms with Crippen molar-refractivity contribution in [2.24, 2.45) is 11.7 Å². The Balaban J connectivity index is 0.777. The van der Waals surface area contributed by atoms with Crippen LogP contribution in [0.4, 0.5) is 27.8 Å². The van der Waals surface area contributed by atoms with E-state index >= 15 is 0 Å². The third kappa shape index (κ3) is 6.99. The highest BCUT2D eigenvalue weighted by Crippen LogP contribution is 2.35. The monoisotopic (exact) mass is 787 g/mol. The van der Waals surface area contributed by atoms with Crippen LogP contribution in [0.5, 0.6) is 0 Å². The van der Waals surface area contributed by atoms with Crippen LogP contribution in [0.15, 0.2) is 60.9 Å². The third-order valence-corrected chi connectivity index (χ3v) is 12.7. The SMILES string of the molecule is C=C1CCC(N2C(=O)c3ccc(N4CC[C@H](CN5CC(c6ccc(Nc7nc(N8CCC[C@@H](N9CCN(C)C9=O)C8)cnc7C(N)=O)cc6)C5)C4)cc3C2=O)C(=O)N1. The van der Waals surface area contributed by atoms with Gasteiger partial charge in [-0.3, -0.25) is 24.1 Å². The number of imide groups is 1. The van der Waals surface area contributed by atoms with E-state index < -0.39 is 23.8 Å². The number of urea groups is 1. The summed E-state index contributed by atoms with van der Waals surface area (Å²) < 4.78 is 0. The van der Waals surface area contributed by atoms with Crippen molar-refractivity contribution in [2.75, 3.05) is 81.1 Å². The van der Waals surface area contributed by atoms with Gasteiger partial charge < -0.3 is 40.9 Å². The fourth-order valence-electron chi connectivity index (χ4n) is 9.45. The van der Waals surface area contributed by atoms with Crippen molar-refractivity contribution in [1.82, 2.24) is 34.9 Å². The number of allylic oxidation sites excluding steroid dienone is 1. The average Bonchev–Trinajstić information content (AvgIpc) is 3.88. The number of hydrogen-bond donors (Lipinski definition) is 3. The number of hydrogen-bond acceptors (Lipinski definition) is 11. The van der Waals surface area contributed by atoms with Crippen LogP contribution in [0.3, 0.4) is 0 Å². The molecule has 7 heterocycles. The third-order valence-electron chi connectivity index (χ3n) is 12.7. The van der Waals surface area contributed by atoms with Crippen LogP contribution in [-0.2, 0) is 4.79 Å². The number of fused-ring (bicyclic) bond motifs is 1. The summed E-state index contributed by atoms with van der Waals surface area (Å²) in [5.41, 5.74) is 10.0. The molecule has 6 aliphatic heterocycles. The maximum atomic E-state index is 13.4. The molecule has 1 aromatic heterocycles. The summed E-state index contributed by atoms with van der Waals surface area (Å²) >= 11 is 0. The second-order valence-electron chi connectivity index (χ2n) is 16.5. The number of benzene rings is 2. The molecular formula is C42H49N11O5. The lowest BCUT2D eigenvalue weighted by Gasteiger charge is -2.41. The molecule has 5 fully saturated rings. The van der Waals surface area contributed by atoms with Gasteiger partial charge in [-0.25, -0.2) is 14.8 Å². The van der Waals surface area contributed by atoms with Crippen LogP contribution >= 0.6 is 0 Å². The first kappa shape index (κ1) is 37.5. The number of carbonyl (C=O) groups is 5. The lowest BCUT2D eigenvalue weighted by Crippen LogP contribution is -2.51. The summed E-state index contributed by atoms with van der Waals surface area (Å²) in [6.45, 7) is 11.3. The van der Waals surface area contributed by atoms with E-state index in [1.54, 1.807) is 17.2 Å². The molecule has 0 radical (unpaired) electrons. The Bertz CT molecular complexity index is 2190. The summed E-state index contributed by atoms with van der Waals surface area (Å²) in [6, 6.07) is 13.0. The van der Waals surface area contributed by atoms with Gasteiger partial charge >= 0.3 is 6.03 Å². The zero-order valence-electron chi connectivity index (χ0n) is 32.7. The van der Waals surface area contributed by atoms with Crippen molar-refractivity contribution in [3.8, 4) is 0 Å². The van der Waals surface area contributed by atoms with Gasteiger partial charge in [0.05, 0.1) is 23.4 Å². The van der Waals surface area contributed by atoms with Crippen molar-refractivity contribution in [2.45, 2.75) is 50.1 Å². The van der Waals surface area contributed by atoms with Crippen molar-refractivity contribution in [3.63, 3.8) is 0 Å². The topological polar surface area (TPSA) is 181 Å².